The number of hydrogen-bond donors (Lipinski definition) is 2. The molecular weight excluding hydrogens is 390 g/mol. The molecule has 1 aliphatic heterocycles. The number of anilines is 1. The van der Waals surface area contributed by atoms with E-state index in [0.29, 0.717) is 12.2 Å². The van der Waals surface area contributed by atoms with Gasteiger partial charge in [0.05, 0.1) is 12.0 Å². The van der Waals surface area contributed by atoms with Gasteiger partial charge in [-0.15, -0.1) is 0 Å². The number of hydrogen-bond acceptors (Lipinski definition) is 4. The minimum atomic E-state index is -1.97. The molecule has 2 N–H and O–H groups in total. The number of phenolic OH excluding ortho intramolecular Hbond substituents is 1. The number of halogens is 2. The third-order valence-electron chi connectivity index (χ3n) is 4.22. The van der Waals surface area contributed by atoms with Crippen LogP contribution in [0.15, 0.2) is 48.9 Å². The molecule has 1 amide bonds. The van der Waals surface area contributed by atoms with Crippen LogP contribution in [-0.4, -0.2) is 31.3 Å². The molecule has 3 aromatic rings. The fourth-order valence-electron chi connectivity index (χ4n) is 2.91. The van der Waals surface area contributed by atoms with Gasteiger partial charge >= 0.3 is 0 Å². The first kappa shape index (κ1) is 18.1. The molecule has 1 atom stereocenters. The topological polar surface area (TPSA) is 87.5 Å². The van der Waals surface area contributed by atoms with Crippen molar-refractivity contribution in [2.75, 3.05) is 10.8 Å². The molecule has 0 aliphatic carbocycles. The van der Waals surface area contributed by atoms with Gasteiger partial charge in [-0.2, -0.15) is 0 Å². The summed E-state index contributed by atoms with van der Waals surface area (Å²) in [5.74, 6) is -2.14. The second-order valence-electron chi connectivity index (χ2n) is 6.16. The molecule has 1 aliphatic rings. The number of benzene rings is 2. The zero-order valence-corrected chi connectivity index (χ0v) is 15.1. The molecule has 144 valence electrons. The van der Waals surface area contributed by atoms with E-state index < -0.39 is 28.6 Å². The first-order valence-electron chi connectivity index (χ1n) is 8.19. The van der Waals surface area contributed by atoms with Gasteiger partial charge < -0.3 is 9.67 Å². The van der Waals surface area contributed by atoms with Gasteiger partial charge in [0, 0.05) is 18.3 Å². The standard InChI is InChI=1S/C18H14F2N4O3S/c19-12-3-1-11(2-4-12)7-23-8-14(21-10-23)13-5-6-15(25)18(17(13)20)24-9-16(26)22-28(24)27/h1-6,8,10,25H,7,9H2,(H,22,26). The van der Waals surface area contributed by atoms with Gasteiger partial charge in [-0.3, -0.25) is 13.8 Å². The lowest BCUT2D eigenvalue weighted by molar-refractivity contribution is -0.117. The zero-order valence-electron chi connectivity index (χ0n) is 14.3. The van der Waals surface area contributed by atoms with E-state index in [4.69, 9.17) is 0 Å². The monoisotopic (exact) mass is 404 g/mol. The van der Waals surface area contributed by atoms with Gasteiger partial charge in [-0.25, -0.2) is 18.0 Å². The quantitative estimate of drug-likeness (QED) is 0.697. The van der Waals surface area contributed by atoms with Crippen molar-refractivity contribution in [1.82, 2.24) is 14.3 Å². The minimum absolute atomic E-state index is 0.0852. The molecule has 0 radical (unpaired) electrons. The molecule has 2 aromatic carbocycles. The Kier molecular flexibility index (Phi) is 4.55. The lowest BCUT2D eigenvalue weighted by Gasteiger charge is -2.17. The molecule has 0 bridgehead atoms. The number of imidazole rings is 1. The van der Waals surface area contributed by atoms with Crippen molar-refractivity contribution in [2.45, 2.75) is 6.54 Å². The number of phenols is 1. The second kappa shape index (κ2) is 7.04. The average molecular weight is 404 g/mol. The van der Waals surface area contributed by atoms with E-state index in [9.17, 15) is 18.5 Å². The second-order valence-corrected chi connectivity index (χ2v) is 7.31. The van der Waals surface area contributed by atoms with E-state index in [2.05, 4.69) is 9.71 Å². The number of carbonyl (C=O) groups excluding carboxylic acids is 1. The van der Waals surface area contributed by atoms with E-state index in [0.717, 1.165) is 9.87 Å². The minimum Gasteiger partial charge on any atom is -0.506 e. The maximum atomic E-state index is 15.1. The summed E-state index contributed by atoms with van der Waals surface area (Å²) in [5, 5.41) is 10.0. The summed E-state index contributed by atoms with van der Waals surface area (Å²) in [7, 11) is 0. The summed E-state index contributed by atoms with van der Waals surface area (Å²) in [6, 6.07) is 8.59. The normalized spacial score (nSPS) is 16.4. The third-order valence-corrected chi connectivity index (χ3v) is 5.33. The van der Waals surface area contributed by atoms with Crippen molar-refractivity contribution in [3.8, 4) is 17.0 Å². The maximum Gasteiger partial charge on any atom is 0.253 e. The lowest BCUT2D eigenvalue weighted by atomic mass is 10.1. The molecular formula is C18H14F2N4O3S. The molecule has 0 spiro atoms. The highest BCUT2D eigenvalue weighted by atomic mass is 32.2. The highest BCUT2D eigenvalue weighted by Crippen LogP contribution is 2.37. The van der Waals surface area contributed by atoms with Crippen molar-refractivity contribution in [1.29, 1.82) is 0 Å². The lowest BCUT2D eigenvalue weighted by Crippen LogP contribution is -2.23. The van der Waals surface area contributed by atoms with E-state index in [1.165, 1.54) is 30.6 Å². The number of amides is 1. The van der Waals surface area contributed by atoms with Crippen molar-refractivity contribution < 1.29 is 22.9 Å². The number of aromatic nitrogens is 2. The van der Waals surface area contributed by atoms with Gasteiger partial charge in [0.15, 0.2) is 5.82 Å². The van der Waals surface area contributed by atoms with Gasteiger partial charge in [0.25, 0.3) is 5.91 Å². The van der Waals surface area contributed by atoms with Crippen LogP contribution >= 0.6 is 0 Å². The fourth-order valence-corrected chi connectivity index (χ4v) is 3.86. The van der Waals surface area contributed by atoms with Crippen LogP contribution in [0.2, 0.25) is 0 Å². The largest absolute Gasteiger partial charge is 0.506 e. The number of nitrogens with zero attached hydrogens (tertiary/aromatic N) is 3. The molecule has 4 rings (SSSR count). The summed E-state index contributed by atoms with van der Waals surface area (Å²) in [6.07, 6.45) is 3.11. The molecule has 28 heavy (non-hydrogen) atoms. The Morgan fingerprint density at radius 1 is 1.18 bits per heavy atom. The number of carbonyl (C=O) groups is 1. The van der Waals surface area contributed by atoms with Gasteiger partial charge in [-0.05, 0) is 29.8 Å². The fraction of sp³-hybridized carbons (Fsp3) is 0.111. The maximum absolute atomic E-state index is 15.1. The molecule has 10 heteroatoms. The van der Waals surface area contributed by atoms with Gasteiger partial charge in [0.2, 0.25) is 11.2 Å². The molecule has 1 fully saturated rings. The van der Waals surface area contributed by atoms with E-state index in [-0.39, 0.29) is 23.6 Å². The van der Waals surface area contributed by atoms with E-state index >= 15 is 4.39 Å². The van der Waals surface area contributed by atoms with E-state index in [1.54, 1.807) is 22.9 Å². The first-order valence-corrected chi connectivity index (χ1v) is 9.30. The van der Waals surface area contributed by atoms with Gasteiger partial charge in [-0.1, -0.05) is 12.1 Å². The Labute approximate surface area is 161 Å². The number of aromatic hydroxyl groups is 1. The summed E-state index contributed by atoms with van der Waals surface area (Å²) < 4.78 is 44.9. The summed E-state index contributed by atoms with van der Waals surface area (Å²) >= 11 is -1.97. The van der Waals surface area contributed by atoms with Crippen LogP contribution in [-0.2, 0) is 22.5 Å². The Hall–Kier alpha value is -3.27. The van der Waals surface area contributed by atoms with Crippen LogP contribution in [0, 0.1) is 11.6 Å². The number of nitrogens with one attached hydrogen (secondary N) is 1. The highest BCUT2D eigenvalue weighted by Gasteiger charge is 2.32. The van der Waals surface area contributed by atoms with Gasteiger partial charge in [0.1, 0.15) is 23.8 Å². The van der Waals surface area contributed by atoms with Crippen LogP contribution in [0.1, 0.15) is 5.56 Å². The summed E-state index contributed by atoms with van der Waals surface area (Å²) in [6.45, 7) is 0.0773. The van der Waals surface area contributed by atoms with Crippen molar-refractivity contribution in [3.63, 3.8) is 0 Å². The van der Waals surface area contributed by atoms with Crippen molar-refractivity contribution in [2.24, 2.45) is 0 Å². The summed E-state index contributed by atoms with van der Waals surface area (Å²) in [5.41, 5.74) is 0.892. The Morgan fingerprint density at radius 3 is 2.61 bits per heavy atom. The Bertz CT molecular complexity index is 1080. The summed E-state index contributed by atoms with van der Waals surface area (Å²) in [4.78, 5) is 15.6. The third kappa shape index (κ3) is 3.33. The number of rotatable bonds is 4. The predicted octanol–water partition coefficient (Wildman–Crippen LogP) is 2.10. The van der Waals surface area contributed by atoms with Crippen molar-refractivity contribution >= 4 is 22.8 Å². The predicted molar refractivity (Wildman–Crippen MR) is 98.4 cm³/mol. The Morgan fingerprint density at radius 2 is 1.93 bits per heavy atom. The molecule has 1 unspecified atom stereocenters. The smallest absolute Gasteiger partial charge is 0.253 e. The van der Waals surface area contributed by atoms with E-state index in [1.807, 2.05) is 0 Å². The van der Waals surface area contributed by atoms with Crippen molar-refractivity contribution in [3.05, 3.63) is 66.1 Å². The van der Waals surface area contributed by atoms with Crippen LogP contribution in [0.5, 0.6) is 5.75 Å². The average Bonchev–Trinajstić information content (AvgIpc) is 3.23. The van der Waals surface area contributed by atoms with Crippen LogP contribution in [0.25, 0.3) is 11.3 Å². The van der Waals surface area contributed by atoms with Crippen LogP contribution < -0.4 is 9.03 Å². The molecule has 7 nitrogen and oxygen atoms in total. The van der Waals surface area contributed by atoms with Crippen LogP contribution in [0.4, 0.5) is 14.5 Å². The molecule has 2 heterocycles. The van der Waals surface area contributed by atoms with Crippen LogP contribution in [0.3, 0.4) is 0 Å². The molecule has 1 saturated heterocycles. The molecule has 0 saturated carbocycles. The zero-order chi connectivity index (χ0) is 19.8. The highest BCUT2D eigenvalue weighted by molar-refractivity contribution is 7.85. The molecule has 1 aromatic heterocycles. The Balaban J connectivity index is 1.66. The SMILES string of the molecule is O=C1CN(c2c(O)ccc(-c3cn(Cc4ccc(F)cc4)cn3)c2F)S(=O)N1. The first-order chi connectivity index (χ1) is 13.4.